The van der Waals surface area contributed by atoms with Gasteiger partial charge in [0, 0.05) is 11.5 Å². The number of hydrogen-bond acceptors (Lipinski definition) is 5. The van der Waals surface area contributed by atoms with Gasteiger partial charge in [0.1, 0.15) is 11.9 Å². The molecule has 0 fully saturated rings. The molecule has 1 aromatic rings. The lowest BCUT2D eigenvalue weighted by Gasteiger charge is -2.07. The summed E-state index contributed by atoms with van der Waals surface area (Å²) < 4.78 is 4.44. The molecular weight excluding hydrogens is 246 g/mol. The lowest BCUT2D eigenvalue weighted by molar-refractivity contribution is -0.135. The van der Waals surface area contributed by atoms with Gasteiger partial charge in [-0.25, -0.2) is 4.79 Å². The Labute approximate surface area is 109 Å². The predicted octanol–water partition coefficient (Wildman–Crippen LogP) is 1.99. The molecule has 1 rings (SSSR count). The van der Waals surface area contributed by atoms with Gasteiger partial charge in [-0.2, -0.15) is 5.26 Å². The van der Waals surface area contributed by atoms with Crippen molar-refractivity contribution >= 4 is 5.97 Å². The van der Waals surface area contributed by atoms with Crippen molar-refractivity contribution in [2.24, 2.45) is 5.11 Å². The summed E-state index contributed by atoms with van der Waals surface area (Å²) in [6, 6.07) is 10.9. The first-order valence-corrected chi connectivity index (χ1v) is 5.28. The number of azide groups is 1. The summed E-state index contributed by atoms with van der Waals surface area (Å²) in [4.78, 5) is 13.9. The second-order valence-electron chi connectivity index (χ2n) is 3.36. The number of esters is 1. The molecule has 0 aliphatic heterocycles. The van der Waals surface area contributed by atoms with Crippen LogP contribution in [-0.2, 0) is 16.1 Å². The van der Waals surface area contributed by atoms with Crippen LogP contribution in [0.2, 0.25) is 0 Å². The van der Waals surface area contributed by atoms with Crippen molar-refractivity contribution in [3.8, 4) is 6.07 Å². The van der Waals surface area contributed by atoms with Crippen LogP contribution >= 0.6 is 0 Å². The van der Waals surface area contributed by atoms with E-state index in [0.29, 0.717) is 6.54 Å². The van der Waals surface area contributed by atoms with E-state index in [1.165, 1.54) is 0 Å². The average Bonchev–Trinajstić information content (AvgIpc) is 2.46. The van der Waals surface area contributed by atoms with Crippen molar-refractivity contribution in [2.75, 3.05) is 7.11 Å². The van der Waals surface area contributed by atoms with Gasteiger partial charge in [-0.1, -0.05) is 30.3 Å². The summed E-state index contributed by atoms with van der Waals surface area (Å²) in [5, 5.41) is 14.9. The molecule has 0 aliphatic carbocycles. The lowest BCUT2D eigenvalue weighted by atomic mass is 10.2. The van der Waals surface area contributed by atoms with Crippen LogP contribution in [0, 0.1) is 11.3 Å². The third-order valence-corrected chi connectivity index (χ3v) is 2.19. The fourth-order valence-electron chi connectivity index (χ4n) is 1.30. The van der Waals surface area contributed by atoms with E-state index in [1.807, 2.05) is 30.3 Å². The molecule has 1 N–H and O–H groups in total. The zero-order valence-corrected chi connectivity index (χ0v) is 10.2. The highest BCUT2D eigenvalue weighted by molar-refractivity contribution is 5.93. The third kappa shape index (κ3) is 4.07. The molecule has 0 aliphatic rings. The fourth-order valence-corrected chi connectivity index (χ4v) is 1.30. The largest absolute Gasteiger partial charge is 0.465 e. The van der Waals surface area contributed by atoms with Crippen LogP contribution in [0.1, 0.15) is 5.56 Å². The van der Waals surface area contributed by atoms with E-state index in [1.54, 1.807) is 6.07 Å². The Hall–Kier alpha value is -2.97. The minimum Gasteiger partial charge on any atom is -0.465 e. The molecule has 0 spiro atoms. The molecule has 0 saturated heterocycles. The van der Waals surface area contributed by atoms with Crippen LogP contribution < -0.4 is 5.32 Å². The number of ether oxygens (including phenoxy) is 1. The second-order valence-corrected chi connectivity index (χ2v) is 3.36. The number of benzene rings is 1. The number of rotatable bonds is 5. The van der Waals surface area contributed by atoms with E-state index >= 15 is 0 Å². The molecule has 1 aromatic carbocycles. The maximum Gasteiger partial charge on any atom is 0.350 e. The van der Waals surface area contributed by atoms with E-state index in [4.69, 9.17) is 10.8 Å². The van der Waals surface area contributed by atoms with E-state index < -0.39 is 5.97 Å². The molecule has 96 valence electrons. The predicted molar refractivity (Wildman–Crippen MR) is 67.1 cm³/mol. The summed E-state index contributed by atoms with van der Waals surface area (Å²) in [5.41, 5.74) is 9.00. The molecule has 0 amide bonds. The van der Waals surface area contributed by atoms with Gasteiger partial charge >= 0.3 is 5.97 Å². The van der Waals surface area contributed by atoms with Crippen molar-refractivity contribution in [1.82, 2.24) is 5.32 Å². The van der Waals surface area contributed by atoms with E-state index in [0.717, 1.165) is 12.7 Å². The number of nitrogens with one attached hydrogen (secondary N) is 1. The van der Waals surface area contributed by atoms with Gasteiger partial charge < -0.3 is 10.1 Å². The summed E-state index contributed by atoms with van der Waals surface area (Å²) in [5.74, 6) is -1.01. The molecule has 0 aromatic heterocycles. The summed E-state index contributed by atoms with van der Waals surface area (Å²) in [6.45, 7) is 0.317. The number of hydrogen-bond donors (Lipinski definition) is 1. The highest BCUT2D eigenvalue weighted by atomic mass is 16.5. The second kappa shape index (κ2) is 7.37. The quantitative estimate of drug-likeness (QED) is 0.217. The Morgan fingerprint density at radius 3 is 2.74 bits per heavy atom. The average molecular weight is 257 g/mol. The van der Waals surface area contributed by atoms with Crippen LogP contribution in [0.25, 0.3) is 10.4 Å². The molecule has 0 atom stereocenters. The lowest BCUT2D eigenvalue weighted by Crippen LogP contribution is -2.17. The third-order valence-electron chi connectivity index (χ3n) is 2.19. The van der Waals surface area contributed by atoms with Crippen LogP contribution in [0.15, 0.2) is 46.8 Å². The molecule has 7 heteroatoms. The number of carbonyl (C=O) groups is 1. The Kier molecular flexibility index (Phi) is 5.47. The number of nitrogens with zero attached hydrogens (tertiary/aromatic N) is 4. The summed E-state index contributed by atoms with van der Waals surface area (Å²) in [7, 11) is 1.14. The maximum absolute atomic E-state index is 11.3. The highest BCUT2D eigenvalue weighted by Crippen LogP contribution is 2.07. The van der Waals surface area contributed by atoms with Gasteiger partial charge in [-0.3, -0.25) is 0 Å². The van der Waals surface area contributed by atoms with E-state index in [2.05, 4.69) is 20.1 Å². The number of nitriles is 1. The van der Waals surface area contributed by atoms with Crippen molar-refractivity contribution in [3.05, 3.63) is 57.7 Å². The number of carbonyl (C=O) groups excluding carboxylic acids is 1. The minimum atomic E-state index is -0.856. The van der Waals surface area contributed by atoms with Crippen molar-refractivity contribution in [1.29, 1.82) is 5.26 Å². The SMILES string of the molecule is COC(=O)/C(C#N)=C(/N=[N+]=[N-])NCc1ccccc1. The van der Waals surface area contributed by atoms with Gasteiger partial charge in [-0.15, -0.1) is 0 Å². The van der Waals surface area contributed by atoms with E-state index in [-0.39, 0.29) is 11.4 Å². The van der Waals surface area contributed by atoms with Crippen molar-refractivity contribution in [3.63, 3.8) is 0 Å². The highest BCUT2D eigenvalue weighted by Gasteiger charge is 2.14. The summed E-state index contributed by atoms with van der Waals surface area (Å²) >= 11 is 0. The molecule has 0 bridgehead atoms. The first kappa shape index (κ1) is 14.1. The molecule has 7 nitrogen and oxygen atoms in total. The van der Waals surface area contributed by atoms with Gasteiger partial charge in [0.25, 0.3) is 0 Å². The molecule has 19 heavy (non-hydrogen) atoms. The van der Waals surface area contributed by atoms with Crippen molar-refractivity contribution < 1.29 is 9.53 Å². The van der Waals surface area contributed by atoms with Crippen LogP contribution in [-0.4, -0.2) is 13.1 Å². The molecule has 0 radical (unpaired) electrons. The molecular formula is C12H11N5O2. The number of methoxy groups -OCH3 is 1. The van der Waals surface area contributed by atoms with Gasteiger partial charge in [0.15, 0.2) is 5.57 Å². The molecule has 0 heterocycles. The van der Waals surface area contributed by atoms with Gasteiger partial charge in [0.2, 0.25) is 0 Å². The Morgan fingerprint density at radius 1 is 1.53 bits per heavy atom. The van der Waals surface area contributed by atoms with Gasteiger partial charge in [-0.05, 0) is 16.2 Å². The fraction of sp³-hybridized carbons (Fsp3) is 0.167. The van der Waals surface area contributed by atoms with E-state index in [9.17, 15) is 4.79 Å². The van der Waals surface area contributed by atoms with Crippen LogP contribution in [0.4, 0.5) is 0 Å². The first-order valence-electron chi connectivity index (χ1n) is 5.28. The standard InChI is InChI=1S/C12H11N5O2/c1-19-12(18)10(7-13)11(16-17-14)15-8-9-5-3-2-4-6-9/h2-6,15H,8H2,1H3/b11-10+. The summed E-state index contributed by atoms with van der Waals surface area (Å²) in [6.07, 6.45) is 0. The Balaban J connectivity index is 2.95. The minimum absolute atomic E-state index is 0.152. The Morgan fingerprint density at radius 2 is 2.21 bits per heavy atom. The topological polar surface area (TPSA) is 111 Å². The molecule has 0 saturated carbocycles. The smallest absolute Gasteiger partial charge is 0.350 e. The maximum atomic E-state index is 11.3. The Bertz CT molecular complexity index is 568. The zero-order valence-electron chi connectivity index (χ0n) is 10.2. The normalized spacial score (nSPS) is 10.5. The van der Waals surface area contributed by atoms with Gasteiger partial charge in [0.05, 0.1) is 7.11 Å². The van der Waals surface area contributed by atoms with Crippen LogP contribution in [0.3, 0.4) is 0 Å². The van der Waals surface area contributed by atoms with Crippen LogP contribution in [0.5, 0.6) is 0 Å². The molecule has 0 unspecified atom stereocenters. The van der Waals surface area contributed by atoms with Crippen molar-refractivity contribution in [2.45, 2.75) is 6.54 Å². The first-order chi connectivity index (χ1) is 9.22. The monoisotopic (exact) mass is 257 g/mol. The zero-order chi connectivity index (χ0) is 14.1.